The Balaban J connectivity index is 2.21. The van der Waals surface area contributed by atoms with Crippen molar-refractivity contribution in [3.05, 3.63) is 35.6 Å². The average Bonchev–Trinajstić information content (AvgIpc) is 2.15. The summed E-state index contributed by atoms with van der Waals surface area (Å²) in [4.78, 5) is 0. The molecule has 0 saturated heterocycles. The zero-order valence-corrected chi connectivity index (χ0v) is 9.67. The van der Waals surface area contributed by atoms with E-state index in [1.165, 1.54) is 12.1 Å². The van der Waals surface area contributed by atoms with E-state index in [1.54, 1.807) is 12.1 Å². The van der Waals surface area contributed by atoms with E-state index in [4.69, 9.17) is 4.74 Å². The summed E-state index contributed by atoms with van der Waals surface area (Å²) in [6.45, 7) is 0.336. The van der Waals surface area contributed by atoms with Crippen molar-refractivity contribution in [2.24, 2.45) is 0 Å². The summed E-state index contributed by atoms with van der Waals surface area (Å²) in [6, 6.07) is 6.01. The largest absolute Gasteiger partial charge is 0.374 e. The summed E-state index contributed by atoms with van der Waals surface area (Å²) in [6.07, 6.45) is 0.972. The Morgan fingerprint density at radius 2 is 2.06 bits per heavy atom. The molecule has 0 aliphatic rings. The first-order valence-corrected chi connectivity index (χ1v) is 6.45. The normalized spacial score (nSPS) is 11.6. The van der Waals surface area contributed by atoms with E-state index in [0.29, 0.717) is 5.56 Å². The number of hydrogen-bond acceptors (Lipinski definition) is 4. The second-order valence-corrected chi connectivity index (χ2v) is 4.85. The van der Waals surface area contributed by atoms with E-state index < -0.39 is 10.1 Å². The van der Waals surface area contributed by atoms with Crippen LogP contribution < -0.4 is 0 Å². The van der Waals surface area contributed by atoms with Crippen molar-refractivity contribution in [1.29, 1.82) is 0 Å². The predicted octanol–water partition coefficient (Wildman–Crippen LogP) is 1.32. The van der Waals surface area contributed by atoms with Crippen LogP contribution in [0.1, 0.15) is 5.56 Å². The first-order chi connectivity index (χ1) is 7.47. The van der Waals surface area contributed by atoms with Gasteiger partial charge in [-0.2, -0.15) is 8.42 Å². The summed E-state index contributed by atoms with van der Waals surface area (Å²) in [5.41, 5.74) is 0.694. The Morgan fingerprint density at radius 1 is 1.31 bits per heavy atom. The van der Waals surface area contributed by atoms with E-state index in [1.807, 2.05) is 0 Å². The Labute approximate surface area is 94.1 Å². The minimum Gasteiger partial charge on any atom is -0.374 e. The van der Waals surface area contributed by atoms with Gasteiger partial charge in [0.1, 0.15) is 5.82 Å². The third kappa shape index (κ3) is 5.79. The van der Waals surface area contributed by atoms with Gasteiger partial charge in [0.25, 0.3) is 10.1 Å². The molecule has 16 heavy (non-hydrogen) atoms. The maximum absolute atomic E-state index is 12.7. The Bertz CT molecular complexity index is 430. The fraction of sp³-hybridized carbons (Fsp3) is 0.400. The van der Waals surface area contributed by atoms with Gasteiger partial charge < -0.3 is 4.74 Å². The number of ether oxygens (including phenoxy) is 1. The molecule has 0 aromatic heterocycles. The Kier molecular flexibility index (Phi) is 4.85. The smallest absolute Gasteiger partial charge is 0.264 e. The van der Waals surface area contributed by atoms with Crippen molar-refractivity contribution in [3.8, 4) is 0 Å². The highest BCUT2D eigenvalue weighted by atomic mass is 32.2. The maximum Gasteiger partial charge on any atom is 0.264 e. The molecule has 0 radical (unpaired) electrons. The third-order valence-electron chi connectivity index (χ3n) is 1.68. The summed E-state index contributed by atoms with van der Waals surface area (Å²) in [7, 11) is -3.42. The molecule has 0 amide bonds. The summed E-state index contributed by atoms with van der Waals surface area (Å²) >= 11 is 0. The van der Waals surface area contributed by atoms with Crippen LogP contribution in [0.4, 0.5) is 4.39 Å². The van der Waals surface area contributed by atoms with Crippen molar-refractivity contribution in [2.45, 2.75) is 6.61 Å². The molecule has 1 rings (SSSR count). The molecule has 0 fully saturated rings. The van der Waals surface area contributed by atoms with Gasteiger partial charge in [0.15, 0.2) is 0 Å². The van der Waals surface area contributed by atoms with Gasteiger partial charge in [0.2, 0.25) is 0 Å². The van der Waals surface area contributed by atoms with Gasteiger partial charge in [0, 0.05) is 0 Å². The molecule has 0 heterocycles. The van der Waals surface area contributed by atoms with Crippen LogP contribution in [0.3, 0.4) is 0 Å². The van der Waals surface area contributed by atoms with Gasteiger partial charge in [-0.1, -0.05) is 12.1 Å². The van der Waals surface area contributed by atoms with Crippen LogP contribution >= 0.6 is 0 Å². The van der Waals surface area contributed by atoms with E-state index in [-0.39, 0.29) is 25.6 Å². The van der Waals surface area contributed by atoms with Crippen molar-refractivity contribution in [3.63, 3.8) is 0 Å². The zero-order chi connectivity index (χ0) is 12.0. The number of hydrogen-bond donors (Lipinski definition) is 0. The second kappa shape index (κ2) is 5.93. The maximum atomic E-state index is 12.7. The summed E-state index contributed by atoms with van der Waals surface area (Å²) in [5.74, 6) is -0.325. The third-order valence-corrected chi connectivity index (χ3v) is 2.28. The molecule has 0 aliphatic heterocycles. The lowest BCUT2D eigenvalue weighted by Crippen LogP contribution is -2.09. The lowest BCUT2D eigenvalue weighted by atomic mass is 10.2. The van der Waals surface area contributed by atoms with Gasteiger partial charge in [-0.25, -0.2) is 4.39 Å². The van der Waals surface area contributed by atoms with Crippen molar-refractivity contribution in [1.82, 2.24) is 0 Å². The van der Waals surface area contributed by atoms with Crippen molar-refractivity contribution >= 4 is 10.1 Å². The van der Waals surface area contributed by atoms with Gasteiger partial charge in [-0.15, -0.1) is 0 Å². The highest BCUT2D eigenvalue weighted by Gasteiger charge is 2.01. The Hall–Kier alpha value is -0.980. The van der Waals surface area contributed by atoms with Crippen LogP contribution in [0.5, 0.6) is 0 Å². The predicted molar refractivity (Wildman–Crippen MR) is 56.9 cm³/mol. The molecule has 0 unspecified atom stereocenters. The monoisotopic (exact) mass is 248 g/mol. The van der Waals surface area contributed by atoms with Crippen molar-refractivity contribution in [2.75, 3.05) is 19.5 Å². The molecule has 0 spiro atoms. The summed E-state index contributed by atoms with van der Waals surface area (Å²) < 4.78 is 43.5. The minimum atomic E-state index is -3.42. The molecule has 0 N–H and O–H groups in total. The second-order valence-electron chi connectivity index (χ2n) is 3.21. The Morgan fingerprint density at radius 3 is 2.69 bits per heavy atom. The standard InChI is InChI=1S/C10H13FO4S/c1-16(12,13)15-6-5-14-8-9-3-2-4-10(11)7-9/h2-4,7H,5-6,8H2,1H3. The highest BCUT2D eigenvalue weighted by Crippen LogP contribution is 2.04. The first kappa shape index (κ1) is 13.1. The number of benzene rings is 1. The van der Waals surface area contributed by atoms with Crippen molar-refractivity contribution < 1.29 is 21.7 Å². The lowest BCUT2D eigenvalue weighted by molar-refractivity contribution is 0.0909. The highest BCUT2D eigenvalue weighted by molar-refractivity contribution is 7.85. The van der Waals surface area contributed by atoms with Gasteiger partial charge in [-0.3, -0.25) is 4.18 Å². The van der Waals surface area contributed by atoms with Crippen LogP contribution in [0.25, 0.3) is 0 Å². The van der Waals surface area contributed by atoms with Gasteiger partial charge in [0.05, 0.1) is 26.1 Å². The zero-order valence-electron chi connectivity index (χ0n) is 8.85. The van der Waals surface area contributed by atoms with Crippen LogP contribution in [-0.2, 0) is 25.6 Å². The molecule has 90 valence electrons. The number of halogens is 1. The van der Waals surface area contributed by atoms with E-state index in [2.05, 4.69) is 4.18 Å². The molecule has 0 aliphatic carbocycles. The minimum absolute atomic E-state index is 0.0336. The quantitative estimate of drug-likeness (QED) is 0.563. The average molecular weight is 248 g/mol. The van der Waals surface area contributed by atoms with Crippen LogP contribution in [0.15, 0.2) is 24.3 Å². The molecule has 0 atom stereocenters. The lowest BCUT2D eigenvalue weighted by Gasteiger charge is -2.04. The molecule has 0 saturated carbocycles. The van der Waals surface area contributed by atoms with Crippen LogP contribution in [0, 0.1) is 5.82 Å². The first-order valence-electron chi connectivity index (χ1n) is 4.64. The summed E-state index contributed by atoms with van der Waals surface area (Å²) in [5, 5.41) is 0. The molecular weight excluding hydrogens is 235 g/mol. The SMILES string of the molecule is CS(=O)(=O)OCCOCc1cccc(F)c1. The topological polar surface area (TPSA) is 52.6 Å². The number of rotatable bonds is 6. The molecular formula is C10H13FO4S. The fourth-order valence-corrected chi connectivity index (χ4v) is 1.43. The van der Waals surface area contributed by atoms with E-state index in [0.717, 1.165) is 6.26 Å². The van der Waals surface area contributed by atoms with Crippen LogP contribution in [-0.4, -0.2) is 27.9 Å². The van der Waals surface area contributed by atoms with Crippen LogP contribution in [0.2, 0.25) is 0 Å². The molecule has 1 aromatic rings. The van der Waals surface area contributed by atoms with Gasteiger partial charge in [-0.05, 0) is 17.7 Å². The van der Waals surface area contributed by atoms with E-state index >= 15 is 0 Å². The van der Waals surface area contributed by atoms with E-state index in [9.17, 15) is 12.8 Å². The molecule has 1 aromatic carbocycles. The molecule has 4 nitrogen and oxygen atoms in total. The fourth-order valence-electron chi connectivity index (χ4n) is 1.06. The molecule has 0 bridgehead atoms. The van der Waals surface area contributed by atoms with Gasteiger partial charge >= 0.3 is 0 Å². The molecule has 6 heteroatoms.